The van der Waals surface area contributed by atoms with Crippen LogP contribution in [0.2, 0.25) is 0 Å². The molecule has 1 aliphatic heterocycles. The van der Waals surface area contributed by atoms with Gasteiger partial charge in [0.05, 0.1) is 20.4 Å². The molecule has 1 saturated heterocycles. The smallest absolute Gasteiger partial charge is 0.186 e. The van der Waals surface area contributed by atoms with Crippen molar-refractivity contribution in [2.75, 3.05) is 36.0 Å². The van der Waals surface area contributed by atoms with E-state index in [0.717, 1.165) is 42.9 Å². The normalized spacial score (nSPS) is 15.1. The SMILES string of the molecule is CCc1cccc2sc(N3CCN(c4nc5c(C)ccc(C)c5s4)CC3)nc12. The number of hydrogen-bond acceptors (Lipinski definition) is 6. The van der Waals surface area contributed by atoms with Crippen molar-refractivity contribution < 1.29 is 0 Å². The van der Waals surface area contributed by atoms with E-state index in [1.54, 1.807) is 0 Å². The molecule has 2 aromatic heterocycles. The number of rotatable bonds is 3. The molecule has 0 atom stereocenters. The van der Waals surface area contributed by atoms with Gasteiger partial charge in [-0.1, -0.05) is 53.9 Å². The summed E-state index contributed by atoms with van der Waals surface area (Å²) in [6, 6.07) is 10.9. The monoisotopic (exact) mass is 408 g/mol. The Morgan fingerprint density at radius 2 is 1.46 bits per heavy atom. The van der Waals surface area contributed by atoms with Crippen molar-refractivity contribution in [2.45, 2.75) is 27.2 Å². The molecule has 6 heteroatoms. The molecule has 5 rings (SSSR count). The first-order valence-electron chi connectivity index (χ1n) is 9.89. The quantitative estimate of drug-likeness (QED) is 0.454. The number of para-hydroxylation sites is 1. The molecular weight excluding hydrogens is 384 g/mol. The summed E-state index contributed by atoms with van der Waals surface area (Å²) in [5.41, 5.74) is 6.29. The number of aryl methyl sites for hydroxylation is 3. The Balaban J connectivity index is 1.37. The second-order valence-electron chi connectivity index (χ2n) is 7.46. The van der Waals surface area contributed by atoms with Crippen molar-refractivity contribution in [3.05, 3.63) is 47.0 Å². The topological polar surface area (TPSA) is 32.3 Å². The number of aromatic nitrogens is 2. The first-order valence-corrected chi connectivity index (χ1v) is 11.5. The lowest BCUT2D eigenvalue weighted by Gasteiger charge is -2.34. The third-order valence-electron chi connectivity index (χ3n) is 5.62. The van der Waals surface area contributed by atoms with Gasteiger partial charge in [-0.15, -0.1) is 0 Å². The van der Waals surface area contributed by atoms with E-state index in [4.69, 9.17) is 9.97 Å². The van der Waals surface area contributed by atoms with Gasteiger partial charge >= 0.3 is 0 Å². The van der Waals surface area contributed by atoms with Gasteiger partial charge in [0.25, 0.3) is 0 Å². The van der Waals surface area contributed by atoms with E-state index in [-0.39, 0.29) is 0 Å². The Bertz CT molecular complexity index is 1110. The van der Waals surface area contributed by atoms with Crippen molar-refractivity contribution in [1.29, 1.82) is 0 Å². The average Bonchev–Trinajstić information content (AvgIpc) is 3.36. The third-order valence-corrected chi connectivity index (χ3v) is 7.96. The van der Waals surface area contributed by atoms with Crippen LogP contribution < -0.4 is 9.80 Å². The van der Waals surface area contributed by atoms with Crippen LogP contribution in [0.25, 0.3) is 20.4 Å². The lowest BCUT2D eigenvalue weighted by Crippen LogP contribution is -2.46. The number of anilines is 2. The van der Waals surface area contributed by atoms with Gasteiger partial charge in [-0.25, -0.2) is 9.97 Å². The Kier molecular flexibility index (Phi) is 4.48. The van der Waals surface area contributed by atoms with E-state index in [2.05, 4.69) is 60.9 Å². The highest BCUT2D eigenvalue weighted by Crippen LogP contribution is 2.35. The minimum atomic E-state index is 0.995. The third kappa shape index (κ3) is 2.95. The maximum atomic E-state index is 4.98. The van der Waals surface area contributed by atoms with Crippen molar-refractivity contribution in [1.82, 2.24) is 9.97 Å². The van der Waals surface area contributed by atoms with Crippen LogP contribution in [0.5, 0.6) is 0 Å². The molecule has 3 heterocycles. The van der Waals surface area contributed by atoms with Crippen LogP contribution in [0.15, 0.2) is 30.3 Å². The van der Waals surface area contributed by atoms with E-state index < -0.39 is 0 Å². The molecule has 28 heavy (non-hydrogen) atoms. The molecule has 0 N–H and O–H groups in total. The van der Waals surface area contributed by atoms with Crippen LogP contribution in [-0.4, -0.2) is 36.1 Å². The van der Waals surface area contributed by atoms with Crippen LogP contribution in [-0.2, 0) is 6.42 Å². The van der Waals surface area contributed by atoms with Gasteiger partial charge in [0, 0.05) is 26.2 Å². The molecule has 0 aliphatic carbocycles. The lowest BCUT2D eigenvalue weighted by atomic mass is 10.1. The molecule has 0 bridgehead atoms. The fourth-order valence-corrected chi connectivity index (χ4v) is 6.12. The number of nitrogens with zero attached hydrogens (tertiary/aromatic N) is 4. The zero-order chi connectivity index (χ0) is 19.3. The number of hydrogen-bond donors (Lipinski definition) is 0. The van der Waals surface area contributed by atoms with E-state index in [1.165, 1.54) is 37.1 Å². The van der Waals surface area contributed by atoms with Crippen LogP contribution >= 0.6 is 22.7 Å². The highest BCUT2D eigenvalue weighted by atomic mass is 32.1. The molecule has 2 aromatic carbocycles. The molecule has 0 radical (unpaired) electrons. The number of thiazole rings is 2. The van der Waals surface area contributed by atoms with Crippen molar-refractivity contribution >= 4 is 53.4 Å². The zero-order valence-electron chi connectivity index (χ0n) is 16.5. The summed E-state index contributed by atoms with van der Waals surface area (Å²) < 4.78 is 2.63. The highest BCUT2D eigenvalue weighted by Gasteiger charge is 2.23. The molecule has 4 nitrogen and oxygen atoms in total. The van der Waals surface area contributed by atoms with E-state index in [9.17, 15) is 0 Å². The maximum absolute atomic E-state index is 4.98. The summed E-state index contributed by atoms with van der Waals surface area (Å²) in [7, 11) is 0. The van der Waals surface area contributed by atoms with Crippen LogP contribution in [0.3, 0.4) is 0 Å². The summed E-state index contributed by atoms with van der Waals surface area (Å²) in [6.07, 6.45) is 1.03. The zero-order valence-corrected chi connectivity index (χ0v) is 18.2. The number of benzene rings is 2. The molecule has 4 aromatic rings. The van der Waals surface area contributed by atoms with E-state index in [0.29, 0.717) is 0 Å². The molecule has 0 spiro atoms. The second-order valence-corrected chi connectivity index (χ2v) is 9.45. The lowest BCUT2D eigenvalue weighted by molar-refractivity contribution is 0.651. The van der Waals surface area contributed by atoms with Gasteiger partial charge in [-0.2, -0.15) is 0 Å². The number of piperazine rings is 1. The standard InChI is InChI=1S/C22H24N4S2/c1-4-16-6-5-7-17-19(16)24-21(27-17)25-10-12-26(13-11-25)22-23-18-14(2)8-9-15(3)20(18)28-22/h5-9H,4,10-13H2,1-3H3. The second kappa shape index (κ2) is 7.01. The van der Waals surface area contributed by atoms with E-state index in [1.807, 2.05) is 22.7 Å². The highest BCUT2D eigenvalue weighted by molar-refractivity contribution is 7.22. The Hall–Kier alpha value is -2.18. The summed E-state index contributed by atoms with van der Waals surface area (Å²) in [4.78, 5) is 14.8. The molecule has 144 valence electrons. The Morgan fingerprint density at radius 3 is 2.14 bits per heavy atom. The van der Waals surface area contributed by atoms with Gasteiger partial charge in [0.1, 0.15) is 0 Å². The van der Waals surface area contributed by atoms with Gasteiger partial charge in [0.15, 0.2) is 10.3 Å². The average molecular weight is 409 g/mol. The van der Waals surface area contributed by atoms with Gasteiger partial charge in [0.2, 0.25) is 0 Å². The first-order chi connectivity index (χ1) is 13.6. The fraction of sp³-hybridized carbons (Fsp3) is 0.364. The van der Waals surface area contributed by atoms with Crippen molar-refractivity contribution in [2.24, 2.45) is 0 Å². The van der Waals surface area contributed by atoms with Crippen LogP contribution in [0.1, 0.15) is 23.6 Å². The molecular formula is C22H24N4S2. The summed E-state index contributed by atoms with van der Waals surface area (Å²) >= 11 is 3.66. The summed E-state index contributed by atoms with van der Waals surface area (Å²) in [6.45, 7) is 10.5. The summed E-state index contributed by atoms with van der Waals surface area (Å²) in [5.74, 6) is 0. The van der Waals surface area contributed by atoms with Crippen LogP contribution in [0.4, 0.5) is 10.3 Å². The van der Waals surface area contributed by atoms with Gasteiger partial charge in [-0.05, 0) is 43.0 Å². The number of fused-ring (bicyclic) bond motifs is 2. The van der Waals surface area contributed by atoms with Gasteiger partial charge < -0.3 is 9.80 Å². The van der Waals surface area contributed by atoms with Crippen LogP contribution in [0, 0.1) is 13.8 Å². The first kappa shape index (κ1) is 17.9. The molecule has 1 fully saturated rings. The minimum absolute atomic E-state index is 0.995. The Labute approximate surface area is 173 Å². The minimum Gasteiger partial charge on any atom is -0.345 e. The van der Waals surface area contributed by atoms with Crippen molar-refractivity contribution in [3.63, 3.8) is 0 Å². The summed E-state index contributed by atoms with van der Waals surface area (Å²) in [5, 5.41) is 2.32. The molecule has 0 unspecified atom stereocenters. The predicted octanol–water partition coefficient (Wildman–Crippen LogP) is 5.41. The molecule has 0 amide bonds. The van der Waals surface area contributed by atoms with E-state index >= 15 is 0 Å². The van der Waals surface area contributed by atoms with Gasteiger partial charge in [-0.3, -0.25) is 0 Å². The fourth-order valence-electron chi connectivity index (χ4n) is 3.89. The largest absolute Gasteiger partial charge is 0.345 e. The van der Waals surface area contributed by atoms with Crippen molar-refractivity contribution in [3.8, 4) is 0 Å². The molecule has 0 saturated carbocycles. The maximum Gasteiger partial charge on any atom is 0.186 e. The molecule has 1 aliphatic rings. The Morgan fingerprint density at radius 1 is 0.821 bits per heavy atom. The predicted molar refractivity (Wildman–Crippen MR) is 123 cm³/mol.